The molecule has 3 rings (SSSR count). The maximum absolute atomic E-state index is 6.43. The van der Waals surface area contributed by atoms with E-state index in [2.05, 4.69) is 46.8 Å². The molecule has 0 saturated heterocycles. The highest BCUT2D eigenvalue weighted by atomic mass is 35.5. The number of benzene rings is 2. The van der Waals surface area contributed by atoms with Gasteiger partial charge in [0.2, 0.25) is 0 Å². The number of aryl methyl sites for hydroxylation is 1. The summed E-state index contributed by atoms with van der Waals surface area (Å²) in [5, 5.41) is 8.10. The zero-order chi connectivity index (χ0) is 18.4. The van der Waals surface area contributed by atoms with Crippen molar-refractivity contribution in [3.63, 3.8) is 0 Å². The molecular formula is C19H21ClN4O2. The van der Waals surface area contributed by atoms with Crippen LogP contribution in [0, 0.1) is 6.92 Å². The normalized spacial score (nSPS) is 10.6. The number of halogens is 1. The quantitative estimate of drug-likeness (QED) is 0.648. The first kappa shape index (κ1) is 18.1. The molecule has 2 aromatic carbocycles. The standard InChI is InChI=1S/C19H21ClN4O2/c1-3-25-18-8-16(10-23-24-12-21-22-13-24)17(20)9-19(18)26-11-15-6-4-14(2)5-7-15/h4-9,12-13,23H,3,10-11H2,1-2H3. The fourth-order valence-corrected chi connectivity index (χ4v) is 2.62. The minimum atomic E-state index is 0.453. The van der Waals surface area contributed by atoms with Crippen LogP contribution < -0.4 is 14.9 Å². The fraction of sp³-hybridized carbons (Fsp3) is 0.263. The van der Waals surface area contributed by atoms with Crippen molar-refractivity contribution in [3.05, 3.63) is 70.8 Å². The van der Waals surface area contributed by atoms with Gasteiger partial charge in [0.1, 0.15) is 19.3 Å². The molecule has 0 bridgehead atoms. The molecule has 26 heavy (non-hydrogen) atoms. The van der Waals surface area contributed by atoms with Crippen LogP contribution in [0.4, 0.5) is 0 Å². The summed E-state index contributed by atoms with van der Waals surface area (Å²) in [6.45, 7) is 5.50. The molecule has 0 spiro atoms. The van der Waals surface area contributed by atoms with E-state index in [-0.39, 0.29) is 0 Å². The van der Waals surface area contributed by atoms with E-state index in [1.54, 1.807) is 23.4 Å². The van der Waals surface area contributed by atoms with Gasteiger partial charge in [-0.3, -0.25) is 0 Å². The molecule has 0 saturated carbocycles. The number of hydrogen-bond donors (Lipinski definition) is 1. The first-order chi connectivity index (χ1) is 12.7. The minimum absolute atomic E-state index is 0.453. The molecule has 0 radical (unpaired) electrons. The first-order valence-corrected chi connectivity index (χ1v) is 8.75. The Labute approximate surface area is 157 Å². The van der Waals surface area contributed by atoms with Crippen molar-refractivity contribution in [3.8, 4) is 11.5 Å². The van der Waals surface area contributed by atoms with Gasteiger partial charge in [0.05, 0.1) is 13.2 Å². The molecule has 0 aliphatic heterocycles. The van der Waals surface area contributed by atoms with Gasteiger partial charge < -0.3 is 14.9 Å². The summed E-state index contributed by atoms with van der Waals surface area (Å²) in [6, 6.07) is 11.9. The van der Waals surface area contributed by atoms with Crippen molar-refractivity contribution in [2.45, 2.75) is 27.0 Å². The van der Waals surface area contributed by atoms with E-state index in [1.165, 1.54) is 5.56 Å². The Balaban J connectivity index is 1.73. The van der Waals surface area contributed by atoms with Crippen LogP contribution in [-0.4, -0.2) is 21.5 Å². The van der Waals surface area contributed by atoms with Gasteiger partial charge in [0.15, 0.2) is 11.5 Å². The predicted molar refractivity (Wildman–Crippen MR) is 101 cm³/mol. The van der Waals surface area contributed by atoms with Crippen molar-refractivity contribution in [2.24, 2.45) is 0 Å². The zero-order valence-corrected chi connectivity index (χ0v) is 15.5. The second-order valence-electron chi connectivity index (χ2n) is 5.80. The number of aromatic nitrogens is 3. The summed E-state index contributed by atoms with van der Waals surface area (Å²) in [4.78, 5) is 0. The Kier molecular flexibility index (Phi) is 5.96. The summed E-state index contributed by atoms with van der Waals surface area (Å²) >= 11 is 6.43. The summed E-state index contributed by atoms with van der Waals surface area (Å²) in [5.41, 5.74) is 6.35. The molecule has 136 valence electrons. The minimum Gasteiger partial charge on any atom is -0.490 e. The van der Waals surface area contributed by atoms with Crippen LogP contribution in [0.5, 0.6) is 11.5 Å². The number of nitrogens with one attached hydrogen (secondary N) is 1. The van der Waals surface area contributed by atoms with Crippen LogP contribution in [-0.2, 0) is 13.2 Å². The smallest absolute Gasteiger partial charge is 0.163 e. The van der Waals surface area contributed by atoms with Gasteiger partial charge in [-0.25, -0.2) is 4.68 Å². The number of nitrogens with zero attached hydrogens (tertiary/aromatic N) is 3. The van der Waals surface area contributed by atoms with Gasteiger partial charge in [-0.2, -0.15) is 0 Å². The van der Waals surface area contributed by atoms with E-state index in [1.807, 2.05) is 13.0 Å². The van der Waals surface area contributed by atoms with Gasteiger partial charge in [-0.1, -0.05) is 41.4 Å². The van der Waals surface area contributed by atoms with Crippen LogP contribution in [0.3, 0.4) is 0 Å². The van der Waals surface area contributed by atoms with E-state index >= 15 is 0 Å². The molecule has 0 amide bonds. The van der Waals surface area contributed by atoms with E-state index < -0.39 is 0 Å². The molecule has 0 aliphatic carbocycles. The lowest BCUT2D eigenvalue weighted by molar-refractivity contribution is 0.269. The number of hydrogen-bond acceptors (Lipinski definition) is 5. The van der Waals surface area contributed by atoms with E-state index in [0.717, 1.165) is 11.1 Å². The Morgan fingerprint density at radius 3 is 2.42 bits per heavy atom. The Bertz CT molecular complexity index is 836. The predicted octanol–water partition coefficient (Wildman–Crippen LogP) is 3.96. The average Bonchev–Trinajstić information content (AvgIpc) is 3.15. The lowest BCUT2D eigenvalue weighted by Gasteiger charge is -2.15. The summed E-state index contributed by atoms with van der Waals surface area (Å²) in [7, 11) is 0. The summed E-state index contributed by atoms with van der Waals surface area (Å²) in [5.74, 6) is 1.30. The monoisotopic (exact) mass is 372 g/mol. The second kappa shape index (κ2) is 8.58. The maximum Gasteiger partial charge on any atom is 0.163 e. The topological polar surface area (TPSA) is 61.2 Å². The lowest BCUT2D eigenvalue weighted by Crippen LogP contribution is -2.12. The highest BCUT2D eigenvalue weighted by molar-refractivity contribution is 6.31. The third-order valence-corrected chi connectivity index (χ3v) is 4.15. The molecule has 1 aromatic heterocycles. The van der Waals surface area contributed by atoms with E-state index in [0.29, 0.717) is 36.3 Å². The molecule has 3 aromatic rings. The molecule has 1 N–H and O–H groups in total. The van der Waals surface area contributed by atoms with Crippen molar-refractivity contribution in [2.75, 3.05) is 12.0 Å². The number of ether oxygens (including phenoxy) is 2. The largest absolute Gasteiger partial charge is 0.490 e. The van der Waals surface area contributed by atoms with E-state index in [4.69, 9.17) is 21.1 Å². The molecule has 0 aliphatic rings. The van der Waals surface area contributed by atoms with Gasteiger partial charge in [0, 0.05) is 11.1 Å². The van der Waals surface area contributed by atoms with Crippen molar-refractivity contribution in [1.82, 2.24) is 14.9 Å². The second-order valence-corrected chi connectivity index (χ2v) is 6.21. The van der Waals surface area contributed by atoms with Crippen molar-refractivity contribution < 1.29 is 9.47 Å². The van der Waals surface area contributed by atoms with Crippen LogP contribution in [0.25, 0.3) is 0 Å². The Hall–Kier alpha value is -2.73. The molecule has 1 heterocycles. The van der Waals surface area contributed by atoms with Crippen molar-refractivity contribution >= 4 is 11.6 Å². The zero-order valence-electron chi connectivity index (χ0n) is 14.8. The molecular weight excluding hydrogens is 352 g/mol. The lowest BCUT2D eigenvalue weighted by atomic mass is 10.1. The molecule has 0 fully saturated rings. The van der Waals surface area contributed by atoms with Gasteiger partial charge in [-0.15, -0.1) is 10.2 Å². The highest BCUT2D eigenvalue weighted by Crippen LogP contribution is 2.34. The van der Waals surface area contributed by atoms with Crippen molar-refractivity contribution in [1.29, 1.82) is 0 Å². The Morgan fingerprint density at radius 1 is 1.04 bits per heavy atom. The van der Waals surface area contributed by atoms with Gasteiger partial charge in [0.25, 0.3) is 0 Å². The first-order valence-electron chi connectivity index (χ1n) is 8.37. The van der Waals surface area contributed by atoms with Gasteiger partial charge in [-0.05, 0) is 31.0 Å². The van der Waals surface area contributed by atoms with Crippen LogP contribution in [0.2, 0.25) is 5.02 Å². The highest BCUT2D eigenvalue weighted by Gasteiger charge is 2.12. The average molecular weight is 373 g/mol. The number of rotatable bonds is 8. The maximum atomic E-state index is 6.43. The van der Waals surface area contributed by atoms with Gasteiger partial charge >= 0.3 is 0 Å². The third kappa shape index (κ3) is 4.67. The fourth-order valence-electron chi connectivity index (χ4n) is 2.40. The molecule has 6 nitrogen and oxygen atoms in total. The van der Waals surface area contributed by atoms with Crippen LogP contribution in [0.1, 0.15) is 23.6 Å². The molecule has 7 heteroatoms. The van der Waals surface area contributed by atoms with E-state index in [9.17, 15) is 0 Å². The summed E-state index contributed by atoms with van der Waals surface area (Å²) < 4.78 is 13.3. The van der Waals surface area contributed by atoms with Crippen LogP contribution in [0.15, 0.2) is 49.1 Å². The molecule has 0 unspecified atom stereocenters. The third-order valence-electron chi connectivity index (χ3n) is 3.80. The SMILES string of the molecule is CCOc1cc(CNn2cnnc2)c(Cl)cc1OCc1ccc(C)cc1. The Morgan fingerprint density at radius 2 is 1.73 bits per heavy atom. The molecule has 0 atom stereocenters. The summed E-state index contributed by atoms with van der Waals surface area (Å²) in [6.07, 6.45) is 3.16. The van der Waals surface area contributed by atoms with Crippen LogP contribution >= 0.6 is 11.6 Å².